The molecule has 4 N–H and O–H groups in total. The summed E-state index contributed by atoms with van der Waals surface area (Å²) in [6.45, 7) is 3.99. The van der Waals surface area contributed by atoms with Crippen LogP contribution in [0, 0.1) is 0 Å². The van der Waals surface area contributed by atoms with E-state index < -0.39 is 0 Å². The molecule has 17 heavy (non-hydrogen) atoms. The number of ether oxygens (including phenoxy) is 1. The molecule has 0 saturated carbocycles. The van der Waals surface area contributed by atoms with Gasteiger partial charge in [0.05, 0.1) is 13.2 Å². The molecule has 0 fully saturated rings. The molecule has 1 aromatic rings. The van der Waals surface area contributed by atoms with Gasteiger partial charge in [0.2, 0.25) is 0 Å². The molecule has 0 heterocycles. The van der Waals surface area contributed by atoms with Crippen molar-refractivity contribution in [3.63, 3.8) is 0 Å². The summed E-state index contributed by atoms with van der Waals surface area (Å²) in [7, 11) is 0. The molecule has 1 rings (SSSR count). The summed E-state index contributed by atoms with van der Waals surface area (Å²) in [5.74, 6) is 0.115. The fourth-order valence-electron chi connectivity index (χ4n) is 1.36. The van der Waals surface area contributed by atoms with Crippen LogP contribution in [0.3, 0.4) is 0 Å². The molecule has 0 saturated heterocycles. The second kappa shape index (κ2) is 9.23. The van der Waals surface area contributed by atoms with E-state index in [1.807, 2.05) is 24.3 Å². The third-order valence-corrected chi connectivity index (χ3v) is 2.16. The molecule has 0 bridgehead atoms. The zero-order valence-electron chi connectivity index (χ0n) is 10.1. The lowest BCUT2D eigenvalue weighted by molar-refractivity contribution is 0.121. The quantitative estimate of drug-likeness (QED) is 0.357. The Balaban J connectivity index is 0.00000256. The number of guanidine groups is 1. The predicted molar refractivity (Wildman–Crippen MR) is 81.3 cm³/mol. The Morgan fingerprint density at radius 3 is 2.47 bits per heavy atom. The van der Waals surface area contributed by atoms with Crippen molar-refractivity contribution in [2.45, 2.75) is 26.5 Å². The van der Waals surface area contributed by atoms with Gasteiger partial charge in [-0.15, -0.1) is 24.0 Å². The minimum Gasteiger partial charge on any atom is -0.377 e. The van der Waals surface area contributed by atoms with Gasteiger partial charge in [-0.1, -0.05) is 31.2 Å². The van der Waals surface area contributed by atoms with Crippen LogP contribution in [0.1, 0.15) is 24.5 Å². The Hall–Kier alpha value is -0.820. The van der Waals surface area contributed by atoms with Crippen molar-refractivity contribution < 1.29 is 4.74 Å². The number of hydrogen-bond donors (Lipinski definition) is 2. The average Bonchev–Trinajstić information content (AvgIpc) is 2.28. The Morgan fingerprint density at radius 2 is 1.88 bits per heavy atom. The van der Waals surface area contributed by atoms with Gasteiger partial charge < -0.3 is 16.2 Å². The first-order valence-electron chi connectivity index (χ1n) is 5.44. The van der Waals surface area contributed by atoms with Crippen LogP contribution < -0.4 is 11.5 Å². The number of aliphatic imine (C=N–C) groups is 1. The van der Waals surface area contributed by atoms with Crippen LogP contribution in [0.25, 0.3) is 0 Å². The molecule has 4 nitrogen and oxygen atoms in total. The zero-order chi connectivity index (χ0) is 11.8. The third-order valence-electron chi connectivity index (χ3n) is 2.16. The highest BCUT2D eigenvalue weighted by Gasteiger charge is 2.00. The van der Waals surface area contributed by atoms with E-state index in [1.54, 1.807) is 0 Å². The fourth-order valence-corrected chi connectivity index (χ4v) is 1.36. The zero-order valence-corrected chi connectivity index (χ0v) is 12.4. The van der Waals surface area contributed by atoms with Gasteiger partial charge >= 0.3 is 0 Å². The normalized spacial score (nSPS) is 9.47. The van der Waals surface area contributed by atoms with E-state index in [1.165, 1.54) is 0 Å². The van der Waals surface area contributed by atoms with Crippen LogP contribution in [0.4, 0.5) is 0 Å². The minimum atomic E-state index is 0. The second-order valence-corrected chi connectivity index (χ2v) is 3.56. The number of nitrogens with zero attached hydrogens (tertiary/aromatic N) is 1. The van der Waals surface area contributed by atoms with Crippen LogP contribution >= 0.6 is 24.0 Å². The van der Waals surface area contributed by atoms with Gasteiger partial charge in [-0.05, 0) is 17.5 Å². The van der Waals surface area contributed by atoms with Crippen LogP contribution in [0.5, 0.6) is 0 Å². The Morgan fingerprint density at radius 1 is 1.24 bits per heavy atom. The topological polar surface area (TPSA) is 73.6 Å². The van der Waals surface area contributed by atoms with Gasteiger partial charge in [-0.2, -0.15) is 0 Å². The number of halogens is 1. The first-order valence-corrected chi connectivity index (χ1v) is 5.44. The standard InChI is InChI=1S/C12H19N3O.HI/c1-2-7-16-9-11-6-4-3-5-10(11)8-15-12(13)14;/h3-6H,2,7-9H2,1H3,(H4,13,14,15);1H. The monoisotopic (exact) mass is 349 g/mol. The second-order valence-electron chi connectivity index (χ2n) is 3.56. The molecular weight excluding hydrogens is 329 g/mol. The molecule has 1 aromatic carbocycles. The summed E-state index contributed by atoms with van der Waals surface area (Å²) < 4.78 is 5.51. The molecule has 0 radical (unpaired) electrons. The maximum Gasteiger partial charge on any atom is 0.186 e. The summed E-state index contributed by atoms with van der Waals surface area (Å²) >= 11 is 0. The highest BCUT2D eigenvalue weighted by Crippen LogP contribution is 2.11. The third kappa shape index (κ3) is 6.48. The van der Waals surface area contributed by atoms with Crippen molar-refractivity contribution in [3.05, 3.63) is 35.4 Å². The van der Waals surface area contributed by atoms with Crippen LogP contribution in [-0.4, -0.2) is 12.6 Å². The molecule has 0 unspecified atom stereocenters. The van der Waals surface area contributed by atoms with Gasteiger partial charge in [0.15, 0.2) is 5.96 Å². The fraction of sp³-hybridized carbons (Fsp3) is 0.417. The molecule has 0 aliphatic rings. The molecule has 0 atom stereocenters. The lowest BCUT2D eigenvalue weighted by Crippen LogP contribution is -2.22. The van der Waals surface area contributed by atoms with E-state index in [2.05, 4.69) is 11.9 Å². The Bertz CT molecular complexity index is 351. The van der Waals surface area contributed by atoms with Crippen molar-refractivity contribution in [3.8, 4) is 0 Å². The van der Waals surface area contributed by atoms with Gasteiger partial charge in [0.25, 0.3) is 0 Å². The molecule has 5 heteroatoms. The van der Waals surface area contributed by atoms with Crippen molar-refractivity contribution >= 4 is 29.9 Å². The van der Waals surface area contributed by atoms with E-state index in [-0.39, 0.29) is 29.9 Å². The number of benzene rings is 1. The lowest BCUT2D eigenvalue weighted by Gasteiger charge is -2.07. The summed E-state index contributed by atoms with van der Waals surface area (Å²) in [5, 5.41) is 0. The molecule has 0 amide bonds. The van der Waals surface area contributed by atoms with E-state index >= 15 is 0 Å². The van der Waals surface area contributed by atoms with E-state index in [9.17, 15) is 0 Å². The highest BCUT2D eigenvalue weighted by atomic mass is 127. The number of hydrogen-bond acceptors (Lipinski definition) is 2. The summed E-state index contributed by atoms with van der Waals surface area (Å²) in [6.07, 6.45) is 1.02. The number of rotatable bonds is 6. The smallest absolute Gasteiger partial charge is 0.186 e. The largest absolute Gasteiger partial charge is 0.377 e. The molecule has 0 spiro atoms. The van der Waals surface area contributed by atoms with Crippen molar-refractivity contribution in [1.82, 2.24) is 0 Å². The van der Waals surface area contributed by atoms with Crippen LogP contribution in [0.2, 0.25) is 0 Å². The molecule has 0 aliphatic carbocycles. The predicted octanol–water partition coefficient (Wildman–Crippen LogP) is 2.00. The van der Waals surface area contributed by atoms with Gasteiger partial charge in [0.1, 0.15) is 0 Å². The first kappa shape index (κ1) is 16.2. The van der Waals surface area contributed by atoms with Gasteiger partial charge in [-0.3, -0.25) is 0 Å². The molecular formula is C12H20IN3O. The molecule has 96 valence electrons. The van der Waals surface area contributed by atoms with Gasteiger partial charge in [0, 0.05) is 6.61 Å². The molecule has 0 aromatic heterocycles. The van der Waals surface area contributed by atoms with E-state index in [0.717, 1.165) is 24.2 Å². The average molecular weight is 349 g/mol. The summed E-state index contributed by atoms with van der Waals surface area (Å²) in [5.41, 5.74) is 12.9. The highest BCUT2D eigenvalue weighted by molar-refractivity contribution is 14.0. The van der Waals surface area contributed by atoms with Crippen LogP contribution in [-0.2, 0) is 17.9 Å². The van der Waals surface area contributed by atoms with Gasteiger partial charge in [-0.25, -0.2) is 4.99 Å². The lowest BCUT2D eigenvalue weighted by atomic mass is 10.1. The maximum atomic E-state index is 5.51. The van der Waals surface area contributed by atoms with Crippen molar-refractivity contribution in [2.24, 2.45) is 16.5 Å². The van der Waals surface area contributed by atoms with E-state index in [4.69, 9.17) is 16.2 Å². The molecule has 0 aliphatic heterocycles. The Kier molecular flexibility index (Phi) is 8.79. The van der Waals surface area contributed by atoms with Crippen LogP contribution in [0.15, 0.2) is 29.3 Å². The summed E-state index contributed by atoms with van der Waals surface area (Å²) in [4.78, 5) is 4.00. The minimum absolute atomic E-state index is 0. The van der Waals surface area contributed by atoms with Crippen molar-refractivity contribution in [1.29, 1.82) is 0 Å². The number of nitrogens with two attached hydrogens (primary N) is 2. The Labute approximate surface area is 119 Å². The maximum absolute atomic E-state index is 5.51. The summed E-state index contributed by atoms with van der Waals surface area (Å²) in [6, 6.07) is 8.01. The van der Waals surface area contributed by atoms with E-state index in [0.29, 0.717) is 13.2 Å². The van der Waals surface area contributed by atoms with Crippen molar-refractivity contribution in [2.75, 3.05) is 6.61 Å². The first-order chi connectivity index (χ1) is 7.74. The SMILES string of the molecule is CCCOCc1ccccc1CN=C(N)N.I.